The molecule has 6 nitrogen and oxygen atoms in total. The average Bonchev–Trinajstić information content (AvgIpc) is 3.32. The topological polar surface area (TPSA) is 65.0 Å². The number of aromatic nitrogens is 4. The van der Waals surface area contributed by atoms with E-state index in [9.17, 15) is 9.18 Å². The number of allylic oxidation sites excluding steroid dienone is 2. The summed E-state index contributed by atoms with van der Waals surface area (Å²) in [5.74, 6) is -0.658. The molecule has 0 saturated carbocycles. The Hall–Kier alpha value is -4.44. The highest BCUT2D eigenvalue weighted by molar-refractivity contribution is 6.00. The second-order valence-electron chi connectivity index (χ2n) is 9.96. The fourth-order valence-corrected chi connectivity index (χ4v) is 6.08. The Morgan fingerprint density at radius 3 is 2.65 bits per heavy atom. The van der Waals surface area contributed by atoms with Crippen molar-refractivity contribution >= 4 is 5.78 Å². The van der Waals surface area contributed by atoms with Crippen LogP contribution >= 0.6 is 0 Å². The van der Waals surface area contributed by atoms with Crippen molar-refractivity contribution in [2.45, 2.75) is 32.1 Å². The Morgan fingerprint density at radius 1 is 1.14 bits per heavy atom. The summed E-state index contributed by atoms with van der Waals surface area (Å²) in [5, 5.41) is 5.07. The smallest absolute Gasteiger partial charge is 0.226 e. The van der Waals surface area contributed by atoms with Gasteiger partial charge >= 0.3 is 0 Å². The Balaban J connectivity index is 1.56. The number of pyridine rings is 2. The van der Waals surface area contributed by atoms with Gasteiger partial charge in [-0.2, -0.15) is 5.10 Å². The van der Waals surface area contributed by atoms with Gasteiger partial charge in [-0.05, 0) is 54.7 Å². The summed E-state index contributed by atoms with van der Waals surface area (Å²) in [6, 6.07) is 15.0. The molecule has 7 heteroatoms. The van der Waals surface area contributed by atoms with E-state index in [1.807, 2.05) is 60.1 Å². The SMILES string of the molecule is [C-]#[N+]C1=C[C@@]2(C)c3c(c(-c4ccccn4)nn3-c3ccc(-c4cncc(F)c4)cc3)CC[C@@H]2[C@@H](C)C1=O. The summed E-state index contributed by atoms with van der Waals surface area (Å²) < 4.78 is 15.7. The van der Waals surface area contributed by atoms with Gasteiger partial charge in [0.15, 0.2) is 5.78 Å². The third-order valence-electron chi connectivity index (χ3n) is 7.85. The lowest BCUT2D eigenvalue weighted by atomic mass is 9.58. The molecule has 0 N–H and O–H groups in total. The number of hydrogen-bond donors (Lipinski definition) is 0. The van der Waals surface area contributed by atoms with Crippen LogP contribution < -0.4 is 0 Å². The van der Waals surface area contributed by atoms with Crippen LogP contribution in [-0.4, -0.2) is 25.5 Å². The van der Waals surface area contributed by atoms with E-state index in [2.05, 4.69) is 21.7 Å². The lowest BCUT2D eigenvalue weighted by molar-refractivity contribution is -0.121. The zero-order chi connectivity index (χ0) is 25.7. The molecule has 2 aliphatic carbocycles. The number of Topliss-reactive ketones (excluding diaryl/α,β-unsaturated/α-hetero) is 1. The van der Waals surface area contributed by atoms with Gasteiger partial charge in [-0.3, -0.25) is 9.97 Å². The van der Waals surface area contributed by atoms with Crippen molar-refractivity contribution in [3.8, 4) is 28.2 Å². The first kappa shape index (κ1) is 23.0. The number of rotatable bonds is 3. The van der Waals surface area contributed by atoms with Gasteiger partial charge in [0.25, 0.3) is 0 Å². The van der Waals surface area contributed by atoms with Crippen molar-refractivity contribution in [3.63, 3.8) is 0 Å². The monoisotopic (exact) mass is 489 g/mol. The first-order valence-electron chi connectivity index (χ1n) is 12.3. The Bertz CT molecular complexity index is 1600. The van der Waals surface area contributed by atoms with E-state index in [1.165, 1.54) is 12.3 Å². The lowest BCUT2D eigenvalue weighted by Gasteiger charge is -2.45. The maximum Gasteiger partial charge on any atom is 0.226 e. The fraction of sp³-hybridized carbons (Fsp3) is 0.233. The molecule has 0 bridgehead atoms. The molecule has 37 heavy (non-hydrogen) atoms. The molecule has 0 unspecified atom stereocenters. The maximum atomic E-state index is 13.7. The second kappa shape index (κ2) is 8.59. The molecule has 3 heterocycles. The molecule has 0 aliphatic heterocycles. The third-order valence-corrected chi connectivity index (χ3v) is 7.85. The Morgan fingerprint density at radius 2 is 1.95 bits per heavy atom. The van der Waals surface area contributed by atoms with E-state index in [4.69, 9.17) is 11.7 Å². The number of hydrogen-bond acceptors (Lipinski definition) is 4. The maximum absolute atomic E-state index is 13.7. The predicted octanol–water partition coefficient (Wildman–Crippen LogP) is 5.98. The molecule has 0 saturated heterocycles. The molecule has 3 atom stereocenters. The number of nitrogens with zero attached hydrogens (tertiary/aromatic N) is 5. The van der Waals surface area contributed by atoms with E-state index in [0.717, 1.165) is 46.7 Å². The quantitative estimate of drug-likeness (QED) is 0.332. The van der Waals surface area contributed by atoms with Crippen LogP contribution in [0.5, 0.6) is 0 Å². The fourth-order valence-electron chi connectivity index (χ4n) is 6.08. The van der Waals surface area contributed by atoms with Gasteiger partial charge in [0, 0.05) is 34.9 Å². The van der Waals surface area contributed by atoms with E-state index >= 15 is 0 Å². The summed E-state index contributed by atoms with van der Waals surface area (Å²) in [5.41, 5.74) is 5.72. The van der Waals surface area contributed by atoms with Crippen LogP contribution in [0, 0.1) is 24.2 Å². The number of halogens is 1. The van der Waals surface area contributed by atoms with Gasteiger partial charge in [-0.25, -0.2) is 13.9 Å². The van der Waals surface area contributed by atoms with Crippen molar-refractivity contribution in [1.82, 2.24) is 19.7 Å². The Kier molecular flexibility index (Phi) is 5.34. The van der Waals surface area contributed by atoms with Crippen LogP contribution in [0.25, 0.3) is 33.0 Å². The molecule has 0 spiro atoms. The zero-order valence-corrected chi connectivity index (χ0v) is 20.5. The van der Waals surface area contributed by atoms with Crippen LogP contribution in [0.1, 0.15) is 31.5 Å². The van der Waals surface area contributed by atoms with Crippen molar-refractivity contribution in [1.29, 1.82) is 0 Å². The molecule has 4 aromatic rings. The number of ketones is 1. The molecular weight excluding hydrogens is 465 g/mol. The summed E-state index contributed by atoms with van der Waals surface area (Å²) in [6.45, 7) is 11.7. The molecule has 2 aliphatic rings. The minimum atomic E-state index is -0.550. The highest BCUT2D eigenvalue weighted by Gasteiger charge is 2.50. The molecule has 1 aromatic carbocycles. The van der Waals surface area contributed by atoms with Crippen LogP contribution in [-0.2, 0) is 16.6 Å². The molecule has 0 amide bonds. The van der Waals surface area contributed by atoms with Gasteiger partial charge in [-0.15, -0.1) is 0 Å². The number of benzene rings is 1. The van der Waals surface area contributed by atoms with E-state index in [-0.39, 0.29) is 29.1 Å². The van der Waals surface area contributed by atoms with Gasteiger partial charge < -0.3 is 4.79 Å². The van der Waals surface area contributed by atoms with Crippen molar-refractivity contribution in [3.05, 3.63) is 107 Å². The van der Waals surface area contributed by atoms with Crippen molar-refractivity contribution < 1.29 is 9.18 Å². The van der Waals surface area contributed by atoms with Crippen LogP contribution in [0.2, 0.25) is 0 Å². The highest BCUT2D eigenvalue weighted by atomic mass is 19.1. The lowest BCUT2D eigenvalue weighted by Crippen LogP contribution is -2.46. The van der Waals surface area contributed by atoms with E-state index < -0.39 is 5.41 Å². The summed E-state index contributed by atoms with van der Waals surface area (Å²) in [6.07, 6.45) is 8.04. The van der Waals surface area contributed by atoms with E-state index in [0.29, 0.717) is 5.56 Å². The normalized spacial score (nSPS) is 22.5. The largest absolute Gasteiger partial charge is 0.308 e. The van der Waals surface area contributed by atoms with Crippen LogP contribution in [0.4, 0.5) is 4.39 Å². The zero-order valence-electron chi connectivity index (χ0n) is 20.5. The van der Waals surface area contributed by atoms with Crippen molar-refractivity contribution in [2.75, 3.05) is 0 Å². The highest BCUT2D eigenvalue weighted by Crippen LogP contribution is 2.52. The van der Waals surface area contributed by atoms with Gasteiger partial charge in [0.1, 0.15) is 11.5 Å². The minimum Gasteiger partial charge on any atom is -0.308 e. The number of fused-ring (bicyclic) bond motifs is 3. The first-order chi connectivity index (χ1) is 17.9. The Labute approximate surface area is 214 Å². The van der Waals surface area contributed by atoms with E-state index in [1.54, 1.807) is 12.4 Å². The third kappa shape index (κ3) is 3.60. The van der Waals surface area contributed by atoms with Gasteiger partial charge in [-0.1, -0.05) is 38.1 Å². The molecule has 3 aromatic heterocycles. The van der Waals surface area contributed by atoms with Crippen LogP contribution in [0.15, 0.2) is 78.9 Å². The molecule has 6 rings (SSSR count). The summed E-state index contributed by atoms with van der Waals surface area (Å²) in [7, 11) is 0. The van der Waals surface area contributed by atoms with Gasteiger partial charge in [0.2, 0.25) is 5.70 Å². The molecule has 0 fully saturated rings. The molecular formula is C30H24FN5O. The first-order valence-corrected chi connectivity index (χ1v) is 12.3. The molecule has 182 valence electrons. The van der Waals surface area contributed by atoms with Crippen LogP contribution in [0.3, 0.4) is 0 Å². The summed E-state index contributed by atoms with van der Waals surface area (Å²) in [4.78, 5) is 25.0. The summed E-state index contributed by atoms with van der Waals surface area (Å²) >= 11 is 0. The number of carbonyl (C=O) groups excluding carboxylic acids is 1. The van der Waals surface area contributed by atoms with Crippen molar-refractivity contribution in [2.24, 2.45) is 11.8 Å². The minimum absolute atomic E-state index is 0.0580. The number of carbonyl (C=O) groups is 1. The average molecular weight is 490 g/mol. The standard InChI is InChI=1S/C30H24FN5O/c1-18-24-12-11-23-27(25-6-4-5-13-34-25)35-36(29(23)30(24,2)15-26(32-3)28(18)37)22-9-7-19(8-10-22)20-14-21(31)17-33-16-20/h4-10,13-18,24H,11-12H2,1-2H3/t18-,24-,30-/m1/s1. The second-order valence-corrected chi connectivity index (χ2v) is 9.96. The molecule has 0 radical (unpaired) electrons. The van der Waals surface area contributed by atoms with Gasteiger partial charge in [0.05, 0.1) is 29.8 Å². The predicted molar refractivity (Wildman–Crippen MR) is 138 cm³/mol.